The van der Waals surface area contributed by atoms with Crippen LogP contribution in [-0.4, -0.2) is 120 Å². The van der Waals surface area contributed by atoms with Crippen molar-refractivity contribution in [2.24, 2.45) is 13.0 Å². The van der Waals surface area contributed by atoms with Crippen molar-refractivity contribution >= 4 is 93.2 Å². The maximum absolute atomic E-state index is 13.1. The lowest BCUT2D eigenvalue weighted by Gasteiger charge is -2.68. The fourth-order valence-electron chi connectivity index (χ4n) is 4.89. The van der Waals surface area contributed by atoms with Crippen molar-refractivity contribution in [3.05, 3.63) is 36.9 Å². The van der Waals surface area contributed by atoms with E-state index in [9.17, 15) is 4.79 Å². The Hall–Kier alpha value is -2.22. The highest BCUT2D eigenvalue weighted by atomic mass is 16.1. The van der Waals surface area contributed by atoms with E-state index >= 15 is 0 Å². The molecule has 0 aromatic carbocycles. The Labute approximate surface area is 235 Å². The predicted octanol–water partition coefficient (Wildman–Crippen LogP) is -0.843. The van der Waals surface area contributed by atoms with Crippen molar-refractivity contribution in [2.75, 3.05) is 18.4 Å². The van der Waals surface area contributed by atoms with E-state index in [0.717, 1.165) is 16.5 Å². The van der Waals surface area contributed by atoms with Gasteiger partial charge < -0.3 is 10.2 Å². The average Bonchev–Trinajstić information content (AvgIpc) is 3.28. The summed E-state index contributed by atoms with van der Waals surface area (Å²) in [6.45, 7) is 0.499. The summed E-state index contributed by atoms with van der Waals surface area (Å²) in [5, 5.41) is -0.771. The second kappa shape index (κ2) is 10.1. The van der Waals surface area contributed by atoms with E-state index in [4.69, 9.17) is 70.6 Å². The molecule has 170 valence electrons. The maximum Gasteiger partial charge on any atom is 0.228 e. The van der Waals surface area contributed by atoms with Crippen molar-refractivity contribution in [3.8, 4) is 11.1 Å². The first-order valence-electron chi connectivity index (χ1n) is 12.0. The van der Waals surface area contributed by atoms with Crippen LogP contribution in [0.25, 0.3) is 22.0 Å². The van der Waals surface area contributed by atoms with E-state index < -0.39 is 20.9 Å². The molecule has 0 bridgehead atoms. The number of amides is 1. The molecular formula is C22H19B9N6O. The largest absolute Gasteiger partial charge is 0.315 e. The Morgan fingerprint density at radius 1 is 0.895 bits per heavy atom. The average molecular weight is 481 g/mol. The fraction of sp³-hybridized carbons (Fsp3) is 0.455. The van der Waals surface area contributed by atoms with Crippen molar-refractivity contribution in [3.63, 3.8) is 0 Å². The summed E-state index contributed by atoms with van der Waals surface area (Å²) in [6, 6.07) is 3.74. The molecule has 0 saturated carbocycles. The Balaban J connectivity index is 1.45. The van der Waals surface area contributed by atoms with E-state index in [1.54, 1.807) is 34.2 Å². The summed E-state index contributed by atoms with van der Waals surface area (Å²) in [5.74, 6) is -0.159. The number of piperidine rings is 1. The van der Waals surface area contributed by atoms with Gasteiger partial charge in [-0.15, -0.1) is 10.2 Å². The lowest BCUT2D eigenvalue weighted by molar-refractivity contribution is -0.121. The predicted molar refractivity (Wildman–Crippen MR) is 157 cm³/mol. The smallest absolute Gasteiger partial charge is 0.228 e. The molecule has 38 heavy (non-hydrogen) atoms. The van der Waals surface area contributed by atoms with Crippen LogP contribution < -0.4 is 5.32 Å². The normalized spacial score (nSPS) is 16.4. The molecular weight excluding hydrogens is 462 g/mol. The van der Waals surface area contributed by atoms with Crippen LogP contribution in [0, 0.1) is 5.92 Å². The van der Waals surface area contributed by atoms with Gasteiger partial charge in [0.2, 0.25) is 5.91 Å². The van der Waals surface area contributed by atoms with Gasteiger partial charge in [-0.2, -0.15) is 5.10 Å². The summed E-state index contributed by atoms with van der Waals surface area (Å²) in [4.78, 5) is 23.4. The number of carbonyl (C=O) groups excluding carboxylic acids is 1. The number of hydrogen-bond donors (Lipinski definition) is 1. The third-order valence-corrected chi connectivity index (χ3v) is 7.24. The zero-order valence-electron chi connectivity index (χ0n) is 21.2. The van der Waals surface area contributed by atoms with Crippen molar-refractivity contribution in [1.29, 1.82) is 0 Å². The van der Waals surface area contributed by atoms with E-state index in [1.165, 1.54) is 0 Å². The van der Waals surface area contributed by atoms with Crippen LogP contribution in [0.2, 0.25) is 15.5 Å². The first-order valence-corrected chi connectivity index (χ1v) is 12.0. The number of rotatable bonds is 7. The first kappa shape index (κ1) is 28.8. The first-order chi connectivity index (χ1) is 17.5. The minimum atomic E-state index is -2.23. The second-order valence-corrected chi connectivity index (χ2v) is 10.1. The summed E-state index contributed by atoms with van der Waals surface area (Å²) in [6.07, 6.45) is 7.79. The van der Waals surface area contributed by atoms with Crippen molar-refractivity contribution in [1.82, 2.24) is 24.6 Å². The highest BCUT2D eigenvalue weighted by Crippen LogP contribution is 2.61. The number of nitrogens with one attached hydrogen (secondary N) is 1. The third-order valence-electron chi connectivity index (χ3n) is 7.24. The van der Waals surface area contributed by atoms with Crippen LogP contribution in [0.15, 0.2) is 36.9 Å². The van der Waals surface area contributed by atoms with E-state index in [1.807, 2.05) is 19.3 Å². The van der Waals surface area contributed by atoms with Gasteiger partial charge in [-0.3, -0.25) is 14.5 Å². The summed E-state index contributed by atoms with van der Waals surface area (Å²) >= 11 is 0. The van der Waals surface area contributed by atoms with Gasteiger partial charge >= 0.3 is 0 Å². The monoisotopic (exact) mass is 482 g/mol. The van der Waals surface area contributed by atoms with Gasteiger partial charge in [0.1, 0.15) is 5.82 Å². The molecule has 4 rings (SSSR count). The maximum atomic E-state index is 13.1. The van der Waals surface area contributed by atoms with Gasteiger partial charge in [0.05, 0.1) is 88.5 Å². The van der Waals surface area contributed by atoms with Crippen molar-refractivity contribution < 1.29 is 4.79 Å². The summed E-state index contributed by atoms with van der Waals surface area (Å²) < 4.78 is 1.72. The van der Waals surface area contributed by atoms with Crippen LogP contribution in [0.1, 0.15) is 12.8 Å². The standard InChI is InChI=1S/C22H19B9N6O/c1-36-11-15(9-34-36)14-6-13-7-17(33-10-16(13)32-8-14)35-18(38)12-2-4-37(5-3-12)22(30,31)19(23,20(24,25)26)21(27,28)29/h6-12H,2-5H2,1H3,(H,33,35,38). The zero-order chi connectivity index (χ0) is 28.1. The third kappa shape index (κ3) is 5.17. The molecule has 1 saturated heterocycles. The molecule has 16 heteroatoms. The molecule has 4 heterocycles. The Morgan fingerprint density at radius 3 is 2.08 bits per heavy atom. The number of carbonyl (C=O) groups is 1. The highest BCUT2D eigenvalue weighted by Gasteiger charge is 2.54. The number of nitrogens with zero attached hydrogens (tertiary/aromatic N) is 5. The number of pyridine rings is 2. The SMILES string of the molecule is [B]C([B])([B])C([B])(C([B])([B])[B])C([B])([B])N1CCC(C(=O)Nc2cc3cc(-c4cnn(C)c4)cnc3cn2)CC1. The van der Waals surface area contributed by atoms with Crippen molar-refractivity contribution in [2.45, 2.75) is 33.7 Å². The van der Waals surface area contributed by atoms with Gasteiger partial charge in [-0.25, -0.2) is 4.98 Å². The molecule has 1 aliphatic rings. The lowest BCUT2D eigenvalue weighted by atomic mass is 9.09. The molecule has 0 atom stereocenters. The summed E-state index contributed by atoms with van der Waals surface area (Å²) in [7, 11) is 56.1. The number of hydrogen-bond acceptors (Lipinski definition) is 5. The molecule has 1 amide bonds. The minimum Gasteiger partial charge on any atom is -0.315 e. The molecule has 18 radical (unpaired) electrons. The number of fused-ring (bicyclic) bond motifs is 1. The highest BCUT2D eigenvalue weighted by molar-refractivity contribution is 6.71. The lowest BCUT2D eigenvalue weighted by Crippen LogP contribution is -2.67. The van der Waals surface area contributed by atoms with E-state index in [-0.39, 0.29) is 24.9 Å². The van der Waals surface area contributed by atoms with Crippen LogP contribution in [0.5, 0.6) is 0 Å². The number of aryl methyl sites for hydroxylation is 1. The Kier molecular flexibility index (Phi) is 7.63. The van der Waals surface area contributed by atoms with Crippen LogP contribution in [-0.2, 0) is 11.8 Å². The van der Waals surface area contributed by atoms with Crippen LogP contribution >= 0.6 is 0 Å². The molecule has 1 fully saturated rings. The molecule has 3 aromatic heterocycles. The van der Waals surface area contributed by atoms with Crippen LogP contribution in [0.3, 0.4) is 0 Å². The van der Waals surface area contributed by atoms with E-state index in [0.29, 0.717) is 24.2 Å². The quantitative estimate of drug-likeness (QED) is 0.446. The molecule has 7 nitrogen and oxygen atoms in total. The molecule has 1 aliphatic heterocycles. The van der Waals surface area contributed by atoms with E-state index in [2.05, 4.69) is 20.4 Å². The topological polar surface area (TPSA) is 75.9 Å². The minimum absolute atomic E-state index is 0.205. The molecule has 0 spiro atoms. The summed E-state index contributed by atoms with van der Waals surface area (Å²) in [5.41, 5.74) is 2.53. The zero-order valence-corrected chi connectivity index (χ0v) is 21.2. The Morgan fingerprint density at radius 2 is 1.53 bits per heavy atom. The molecule has 0 aliphatic carbocycles. The molecule has 0 unspecified atom stereocenters. The molecule has 3 aromatic rings. The van der Waals surface area contributed by atoms with Crippen LogP contribution in [0.4, 0.5) is 5.82 Å². The fourth-order valence-corrected chi connectivity index (χ4v) is 4.89. The number of aromatic nitrogens is 4. The van der Waals surface area contributed by atoms with Gasteiger partial charge in [0.25, 0.3) is 0 Å². The number of anilines is 1. The second-order valence-electron chi connectivity index (χ2n) is 10.1. The van der Waals surface area contributed by atoms with Gasteiger partial charge in [-0.1, -0.05) is 10.7 Å². The Bertz CT molecular complexity index is 1310. The van der Waals surface area contributed by atoms with Gasteiger partial charge in [0, 0.05) is 41.9 Å². The molecule has 1 N–H and O–H groups in total. The van der Waals surface area contributed by atoms with Gasteiger partial charge in [0.15, 0.2) is 0 Å². The number of likely N-dealkylation sites (tertiary alicyclic amines) is 1. The van der Waals surface area contributed by atoms with Gasteiger partial charge in [-0.05, 0) is 38.1 Å².